The number of benzene rings is 2. The summed E-state index contributed by atoms with van der Waals surface area (Å²) in [6.07, 6.45) is 0. The molecule has 0 radical (unpaired) electrons. The van der Waals surface area contributed by atoms with E-state index in [9.17, 15) is 14.3 Å². The lowest BCUT2D eigenvalue weighted by molar-refractivity contribution is 0.251. The van der Waals surface area contributed by atoms with Crippen molar-refractivity contribution in [1.82, 2.24) is 5.32 Å². The van der Waals surface area contributed by atoms with Crippen molar-refractivity contribution in [3.8, 4) is 0 Å². The molecule has 2 amide bonds. The lowest BCUT2D eigenvalue weighted by atomic mass is 10.1. The third kappa shape index (κ3) is 3.79. The number of aliphatic hydroxyl groups is 1. The number of aliphatic hydroxyl groups excluding tert-OH is 1. The van der Waals surface area contributed by atoms with E-state index in [-0.39, 0.29) is 19.0 Å². The highest BCUT2D eigenvalue weighted by molar-refractivity contribution is 5.90. The number of carbonyl (C=O) groups is 1. The summed E-state index contributed by atoms with van der Waals surface area (Å²) in [5.41, 5.74) is 2.43. The maximum Gasteiger partial charge on any atom is 0.319 e. The summed E-state index contributed by atoms with van der Waals surface area (Å²) in [4.78, 5) is 11.8. The Balaban J connectivity index is 1.98. The maximum absolute atomic E-state index is 13.4. The van der Waals surface area contributed by atoms with Crippen LogP contribution in [0.25, 0.3) is 0 Å². The molecular weight excluding hydrogens is 271 g/mol. The van der Waals surface area contributed by atoms with Crippen molar-refractivity contribution < 1.29 is 14.3 Å². The van der Waals surface area contributed by atoms with E-state index >= 15 is 0 Å². The highest BCUT2D eigenvalue weighted by Crippen LogP contribution is 2.17. The van der Waals surface area contributed by atoms with Gasteiger partial charge >= 0.3 is 6.03 Å². The summed E-state index contributed by atoms with van der Waals surface area (Å²) in [6.45, 7) is 1.81. The van der Waals surface area contributed by atoms with Crippen molar-refractivity contribution in [2.45, 2.75) is 20.1 Å². The van der Waals surface area contributed by atoms with E-state index in [4.69, 9.17) is 0 Å². The Labute approximate surface area is 122 Å². The molecule has 0 spiro atoms. The Kier molecular flexibility index (Phi) is 4.90. The van der Waals surface area contributed by atoms with Crippen molar-refractivity contribution in [3.05, 3.63) is 65.0 Å². The molecule has 110 valence electrons. The summed E-state index contributed by atoms with van der Waals surface area (Å²) in [7, 11) is 0. The van der Waals surface area contributed by atoms with Crippen LogP contribution in [0.4, 0.5) is 14.9 Å². The van der Waals surface area contributed by atoms with Crippen LogP contribution in [0.1, 0.15) is 16.7 Å². The molecule has 0 bridgehead atoms. The SMILES string of the molecule is Cc1c(F)cccc1NC(=O)NCc1ccccc1CO. The predicted molar refractivity (Wildman–Crippen MR) is 79.4 cm³/mol. The van der Waals surface area contributed by atoms with E-state index in [0.29, 0.717) is 11.3 Å². The first-order chi connectivity index (χ1) is 10.1. The van der Waals surface area contributed by atoms with Gasteiger partial charge in [0.2, 0.25) is 0 Å². The Morgan fingerprint density at radius 3 is 2.57 bits per heavy atom. The number of carbonyl (C=O) groups excluding carboxylic acids is 1. The standard InChI is InChI=1S/C16H17FN2O2/c1-11-14(17)7-4-8-15(11)19-16(21)18-9-12-5-2-3-6-13(12)10-20/h2-8,20H,9-10H2,1H3,(H2,18,19,21). The van der Waals surface area contributed by atoms with Crippen LogP contribution in [-0.2, 0) is 13.2 Å². The Morgan fingerprint density at radius 2 is 1.86 bits per heavy atom. The minimum atomic E-state index is -0.420. The van der Waals surface area contributed by atoms with Gasteiger partial charge in [-0.3, -0.25) is 0 Å². The smallest absolute Gasteiger partial charge is 0.319 e. The van der Waals surface area contributed by atoms with Crippen molar-refractivity contribution in [2.24, 2.45) is 0 Å². The molecule has 0 fully saturated rings. The molecular formula is C16H17FN2O2. The number of amides is 2. The molecule has 3 N–H and O–H groups in total. The van der Waals surface area contributed by atoms with E-state index in [2.05, 4.69) is 10.6 Å². The normalized spacial score (nSPS) is 10.2. The van der Waals surface area contributed by atoms with Crippen LogP contribution in [0, 0.1) is 12.7 Å². The van der Waals surface area contributed by atoms with Crippen molar-refractivity contribution >= 4 is 11.7 Å². The van der Waals surface area contributed by atoms with Gasteiger partial charge < -0.3 is 15.7 Å². The Hall–Kier alpha value is -2.40. The van der Waals surface area contributed by atoms with Crippen molar-refractivity contribution in [1.29, 1.82) is 0 Å². The fourth-order valence-electron chi connectivity index (χ4n) is 1.97. The van der Waals surface area contributed by atoms with Gasteiger partial charge in [0.25, 0.3) is 0 Å². The predicted octanol–water partition coefficient (Wildman–Crippen LogP) is 2.95. The molecule has 0 unspecified atom stereocenters. The van der Waals surface area contributed by atoms with E-state index in [1.165, 1.54) is 6.07 Å². The van der Waals surface area contributed by atoms with Gasteiger partial charge in [-0.1, -0.05) is 30.3 Å². The van der Waals surface area contributed by atoms with Gasteiger partial charge in [0.05, 0.1) is 6.61 Å². The topological polar surface area (TPSA) is 61.4 Å². The monoisotopic (exact) mass is 288 g/mol. The minimum Gasteiger partial charge on any atom is -0.392 e. The molecule has 2 rings (SSSR count). The Morgan fingerprint density at radius 1 is 1.14 bits per heavy atom. The fraction of sp³-hybridized carbons (Fsp3) is 0.188. The molecule has 0 atom stereocenters. The average Bonchev–Trinajstić information content (AvgIpc) is 2.50. The highest BCUT2D eigenvalue weighted by Gasteiger charge is 2.08. The molecule has 0 aliphatic heterocycles. The average molecular weight is 288 g/mol. The molecule has 0 heterocycles. The molecule has 0 aromatic heterocycles. The number of rotatable bonds is 4. The summed E-state index contributed by atoms with van der Waals surface area (Å²) in [6, 6.07) is 11.4. The number of urea groups is 1. The Bertz CT molecular complexity index is 644. The zero-order valence-electron chi connectivity index (χ0n) is 11.7. The summed E-state index contributed by atoms with van der Waals surface area (Å²) in [5, 5.41) is 14.5. The summed E-state index contributed by atoms with van der Waals surface area (Å²) in [5.74, 6) is -0.363. The zero-order valence-corrected chi connectivity index (χ0v) is 11.7. The number of nitrogens with one attached hydrogen (secondary N) is 2. The highest BCUT2D eigenvalue weighted by atomic mass is 19.1. The van der Waals surface area contributed by atoms with E-state index in [1.54, 1.807) is 25.1 Å². The molecule has 4 nitrogen and oxygen atoms in total. The van der Waals surface area contributed by atoms with Crippen LogP contribution in [-0.4, -0.2) is 11.1 Å². The number of halogens is 1. The van der Waals surface area contributed by atoms with Gasteiger partial charge in [-0.25, -0.2) is 9.18 Å². The van der Waals surface area contributed by atoms with Crippen LogP contribution >= 0.6 is 0 Å². The third-order valence-electron chi connectivity index (χ3n) is 3.24. The number of anilines is 1. The van der Waals surface area contributed by atoms with Crippen molar-refractivity contribution in [3.63, 3.8) is 0 Å². The molecule has 2 aromatic rings. The second kappa shape index (κ2) is 6.85. The number of hydrogen-bond acceptors (Lipinski definition) is 2. The number of hydrogen-bond donors (Lipinski definition) is 3. The lowest BCUT2D eigenvalue weighted by Gasteiger charge is -2.11. The van der Waals surface area contributed by atoms with Crippen LogP contribution in [0.3, 0.4) is 0 Å². The molecule has 0 aliphatic rings. The lowest BCUT2D eigenvalue weighted by Crippen LogP contribution is -2.29. The zero-order chi connectivity index (χ0) is 15.2. The van der Waals surface area contributed by atoms with Gasteiger partial charge in [-0.2, -0.15) is 0 Å². The maximum atomic E-state index is 13.4. The molecule has 5 heteroatoms. The second-order valence-electron chi connectivity index (χ2n) is 4.65. The first kappa shape index (κ1) is 15.0. The summed E-state index contributed by atoms with van der Waals surface area (Å²) >= 11 is 0. The van der Waals surface area contributed by atoms with Gasteiger partial charge in [-0.15, -0.1) is 0 Å². The van der Waals surface area contributed by atoms with E-state index in [1.807, 2.05) is 18.2 Å². The van der Waals surface area contributed by atoms with Gasteiger partial charge in [-0.05, 0) is 30.2 Å². The quantitative estimate of drug-likeness (QED) is 0.810. The van der Waals surface area contributed by atoms with Crippen molar-refractivity contribution in [2.75, 3.05) is 5.32 Å². The molecule has 0 saturated heterocycles. The largest absolute Gasteiger partial charge is 0.392 e. The molecule has 0 aliphatic carbocycles. The first-order valence-corrected chi connectivity index (χ1v) is 6.59. The van der Waals surface area contributed by atoms with Crippen LogP contribution in [0.2, 0.25) is 0 Å². The molecule has 2 aromatic carbocycles. The summed E-state index contributed by atoms with van der Waals surface area (Å²) < 4.78 is 13.4. The van der Waals surface area contributed by atoms with Gasteiger partial charge in [0.15, 0.2) is 0 Å². The van der Waals surface area contributed by atoms with E-state index < -0.39 is 6.03 Å². The van der Waals surface area contributed by atoms with E-state index in [0.717, 1.165) is 11.1 Å². The first-order valence-electron chi connectivity index (χ1n) is 6.59. The van der Waals surface area contributed by atoms with Gasteiger partial charge in [0.1, 0.15) is 5.82 Å². The fourth-order valence-corrected chi connectivity index (χ4v) is 1.97. The van der Waals surface area contributed by atoms with Crippen LogP contribution < -0.4 is 10.6 Å². The van der Waals surface area contributed by atoms with Gasteiger partial charge in [0, 0.05) is 17.8 Å². The molecule has 0 saturated carbocycles. The minimum absolute atomic E-state index is 0.0809. The third-order valence-corrected chi connectivity index (χ3v) is 3.24. The van der Waals surface area contributed by atoms with Crippen LogP contribution in [0.15, 0.2) is 42.5 Å². The van der Waals surface area contributed by atoms with Crippen LogP contribution in [0.5, 0.6) is 0 Å². The second-order valence-corrected chi connectivity index (χ2v) is 4.65. The molecule has 21 heavy (non-hydrogen) atoms.